The number of carbonyl (C=O) groups is 2. The molecule has 6 unspecified atom stereocenters. The third-order valence-electron chi connectivity index (χ3n) is 7.45. The van der Waals surface area contributed by atoms with Crippen LogP contribution in [0.2, 0.25) is 0 Å². The molecule has 2 fully saturated rings. The second-order valence-electron chi connectivity index (χ2n) is 9.84. The second-order valence-corrected chi connectivity index (χ2v) is 9.84. The van der Waals surface area contributed by atoms with Crippen LogP contribution in [0, 0.1) is 30.1 Å². The highest BCUT2D eigenvalue weighted by Crippen LogP contribution is 2.70. The standard InChI is InChI=1S/C23H32O6/c1-11(2)20(24)27-15-8-17-23(29-17)9-16-18(13(5)10-26-16)19(22(23,7)14(15)6)28-21(25)12(3)4/h10-12,14-15,17,19H,8-9H2,1-7H3. The monoisotopic (exact) mass is 404 g/mol. The topological polar surface area (TPSA) is 78.3 Å². The Morgan fingerprint density at radius 1 is 1.14 bits per heavy atom. The SMILES string of the molecule is Cc1coc2c1C(OC(=O)C(C)C)C1(C)C(C)C(OC(=O)C(C)C)CC3OC31C2. The normalized spacial score (nSPS) is 37.6. The zero-order valence-corrected chi connectivity index (χ0v) is 18.4. The van der Waals surface area contributed by atoms with E-state index in [-0.39, 0.29) is 41.9 Å². The molecule has 2 heterocycles. The summed E-state index contributed by atoms with van der Waals surface area (Å²) in [5, 5.41) is 0. The fraction of sp³-hybridized carbons (Fsp3) is 0.739. The molecule has 1 aliphatic heterocycles. The molecule has 1 aromatic rings. The van der Waals surface area contributed by atoms with Gasteiger partial charge in [-0.25, -0.2) is 0 Å². The highest BCUT2D eigenvalue weighted by molar-refractivity contribution is 5.72. The summed E-state index contributed by atoms with van der Waals surface area (Å²) in [5.74, 6) is -0.0805. The molecule has 4 rings (SSSR count). The summed E-state index contributed by atoms with van der Waals surface area (Å²) < 4.78 is 24.2. The van der Waals surface area contributed by atoms with Gasteiger partial charge in [-0.15, -0.1) is 0 Å². The lowest BCUT2D eigenvalue weighted by Crippen LogP contribution is -2.59. The maximum atomic E-state index is 12.7. The molecule has 0 aromatic carbocycles. The quantitative estimate of drug-likeness (QED) is 0.554. The van der Waals surface area contributed by atoms with Crippen molar-refractivity contribution in [3.05, 3.63) is 23.2 Å². The number of rotatable bonds is 4. The fourth-order valence-corrected chi connectivity index (χ4v) is 5.33. The van der Waals surface area contributed by atoms with Gasteiger partial charge >= 0.3 is 11.9 Å². The van der Waals surface area contributed by atoms with E-state index in [0.717, 1.165) is 16.9 Å². The van der Waals surface area contributed by atoms with Crippen LogP contribution in [0.25, 0.3) is 0 Å². The summed E-state index contributed by atoms with van der Waals surface area (Å²) >= 11 is 0. The van der Waals surface area contributed by atoms with Gasteiger partial charge in [0.2, 0.25) is 0 Å². The predicted octanol–water partition coefficient (Wildman–Crippen LogP) is 4.14. The van der Waals surface area contributed by atoms with Crippen molar-refractivity contribution in [1.82, 2.24) is 0 Å². The smallest absolute Gasteiger partial charge is 0.309 e. The summed E-state index contributed by atoms with van der Waals surface area (Å²) in [5.41, 5.74) is 0.948. The first-order valence-corrected chi connectivity index (χ1v) is 10.7. The highest BCUT2D eigenvalue weighted by Gasteiger charge is 2.78. The van der Waals surface area contributed by atoms with Gasteiger partial charge in [0.25, 0.3) is 0 Å². The number of hydrogen-bond donors (Lipinski definition) is 0. The molecule has 3 aliphatic rings. The number of hydrogen-bond acceptors (Lipinski definition) is 6. The summed E-state index contributed by atoms with van der Waals surface area (Å²) in [4.78, 5) is 25.0. The molecular formula is C23H32O6. The first kappa shape index (κ1) is 20.5. The van der Waals surface area contributed by atoms with Crippen molar-refractivity contribution >= 4 is 11.9 Å². The van der Waals surface area contributed by atoms with Crippen molar-refractivity contribution < 1.29 is 28.2 Å². The third-order valence-corrected chi connectivity index (χ3v) is 7.45. The molecule has 160 valence electrons. The second kappa shape index (κ2) is 6.59. The number of ether oxygens (including phenoxy) is 3. The van der Waals surface area contributed by atoms with Gasteiger partial charge in [-0.3, -0.25) is 9.59 Å². The maximum absolute atomic E-state index is 12.7. The van der Waals surface area contributed by atoms with Crippen molar-refractivity contribution in [2.75, 3.05) is 0 Å². The Kier molecular flexibility index (Phi) is 4.65. The van der Waals surface area contributed by atoms with E-state index in [0.29, 0.717) is 12.8 Å². The van der Waals surface area contributed by atoms with E-state index in [2.05, 4.69) is 13.8 Å². The van der Waals surface area contributed by atoms with Crippen LogP contribution in [-0.2, 0) is 30.2 Å². The molecule has 1 aromatic heterocycles. The molecule has 1 spiro atoms. The summed E-state index contributed by atoms with van der Waals surface area (Å²) in [6.07, 6.45) is 2.24. The van der Waals surface area contributed by atoms with Crippen molar-refractivity contribution in [3.63, 3.8) is 0 Å². The zero-order chi connectivity index (χ0) is 21.3. The van der Waals surface area contributed by atoms with E-state index in [4.69, 9.17) is 18.6 Å². The lowest BCUT2D eigenvalue weighted by molar-refractivity contribution is -0.187. The van der Waals surface area contributed by atoms with Crippen LogP contribution in [0.3, 0.4) is 0 Å². The molecule has 0 bridgehead atoms. The Hall–Kier alpha value is -1.82. The number of furan rings is 1. The Labute approximate surface area is 172 Å². The van der Waals surface area contributed by atoms with Gasteiger partial charge in [0.1, 0.15) is 23.6 Å². The van der Waals surface area contributed by atoms with Gasteiger partial charge in [-0.05, 0) is 12.5 Å². The largest absolute Gasteiger partial charge is 0.469 e. The molecule has 1 saturated carbocycles. The number of carbonyl (C=O) groups excluding carboxylic acids is 2. The molecule has 29 heavy (non-hydrogen) atoms. The van der Waals surface area contributed by atoms with E-state index in [1.807, 2.05) is 34.6 Å². The van der Waals surface area contributed by atoms with E-state index in [9.17, 15) is 9.59 Å². The van der Waals surface area contributed by atoms with Crippen LogP contribution in [0.1, 0.15) is 71.0 Å². The van der Waals surface area contributed by atoms with Gasteiger partial charge < -0.3 is 18.6 Å². The minimum Gasteiger partial charge on any atom is -0.469 e. The average Bonchev–Trinajstić information content (AvgIpc) is 3.23. The van der Waals surface area contributed by atoms with Gasteiger partial charge in [0.15, 0.2) is 0 Å². The number of aryl methyl sites for hydroxylation is 1. The zero-order valence-electron chi connectivity index (χ0n) is 18.4. The molecule has 0 N–H and O–H groups in total. The Morgan fingerprint density at radius 3 is 2.38 bits per heavy atom. The summed E-state index contributed by atoms with van der Waals surface area (Å²) in [7, 11) is 0. The summed E-state index contributed by atoms with van der Waals surface area (Å²) in [6.45, 7) is 13.5. The first-order valence-electron chi connectivity index (χ1n) is 10.7. The Balaban J connectivity index is 1.77. The van der Waals surface area contributed by atoms with E-state index in [1.54, 1.807) is 6.26 Å². The number of fused-ring (bicyclic) bond motifs is 1. The van der Waals surface area contributed by atoms with Crippen LogP contribution in [0.4, 0.5) is 0 Å². The molecule has 6 heteroatoms. The highest BCUT2D eigenvalue weighted by atomic mass is 16.6. The first-order chi connectivity index (χ1) is 13.5. The summed E-state index contributed by atoms with van der Waals surface area (Å²) in [6, 6.07) is 0. The third kappa shape index (κ3) is 2.78. The minimum absolute atomic E-state index is 0.0347. The Bertz CT molecular complexity index is 838. The van der Waals surface area contributed by atoms with Crippen LogP contribution < -0.4 is 0 Å². The van der Waals surface area contributed by atoms with E-state index < -0.39 is 17.1 Å². The van der Waals surface area contributed by atoms with Crippen molar-refractivity contribution in [2.24, 2.45) is 23.2 Å². The predicted molar refractivity (Wildman–Crippen MR) is 105 cm³/mol. The van der Waals surface area contributed by atoms with Gasteiger partial charge in [0, 0.05) is 29.7 Å². The molecule has 0 radical (unpaired) electrons. The average molecular weight is 405 g/mol. The van der Waals surface area contributed by atoms with Crippen molar-refractivity contribution in [1.29, 1.82) is 0 Å². The van der Waals surface area contributed by atoms with Gasteiger partial charge in [-0.2, -0.15) is 0 Å². The lowest BCUT2D eigenvalue weighted by Gasteiger charge is -2.52. The van der Waals surface area contributed by atoms with Crippen LogP contribution in [-0.4, -0.2) is 29.7 Å². The van der Waals surface area contributed by atoms with Crippen LogP contribution in [0.5, 0.6) is 0 Å². The Morgan fingerprint density at radius 2 is 1.76 bits per heavy atom. The maximum Gasteiger partial charge on any atom is 0.309 e. The molecular weight excluding hydrogens is 372 g/mol. The molecule has 2 aliphatic carbocycles. The molecule has 1 saturated heterocycles. The molecule has 0 amide bonds. The lowest BCUT2D eigenvalue weighted by atomic mass is 9.53. The van der Waals surface area contributed by atoms with Gasteiger partial charge in [-0.1, -0.05) is 41.5 Å². The van der Waals surface area contributed by atoms with Gasteiger partial charge in [0.05, 0.1) is 24.2 Å². The van der Waals surface area contributed by atoms with E-state index in [1.165, 1.54) is 0 Å². The van der Waals surface area contributed by atoms with Crippen molar-refractivity contribution in [3.8, 4) is 0 Å². The number of esters is 2. The molecule has 6 atom stereocenters. The number of epoxide rings is 1. The fourth-order valence-electron chi connectivity index (χ4n) is 5.33. The molecule has 6 nitrogen and oxygen atoms in total. The minimum atomic E-state index is -0.524. The van der Waals surface area contributed by atoms with Crippen LogP contribution in [0.15, 0.2) is 10.7 Å². The van der Waals surface area contributed by atoms with Crippen LogP contribution >= 0.6 is 0 Å². The van der Waals surface area contributed by atoms with Crippen molar-refractivity contribution in [2.45, 2.75) is 85.2 Å². The van der Waals surface area contributed by atoms with E-state index >= 15 is 0 Å².